The molecule has 2 N–H and O–H groups in total. The van der Waals surface area contributed by atoms with Crippen LogP contribution in [0.4, 0.5) is 0 Å². The fourth-order valence-corrected chi connectivity index (χ4v) is 2.58. The largest absolute Gasteiger partial charge is 0.465 e. The van der Waals surface area contributed by atoms with Gasteiger partial charge in [-0.1, -0.05) is 0 Å². The van der Waals surface area contributed by atoms with E-state index >= 15 is 0 Å². The summed E-state index contributed by atoms with van der Waals surface area (Å²) >= 11 is 1.66. The summed E-state index contributed by atoms with van der Waals surface area (Å²) in [4.78, 5) is 15.7. The molecule has 6 nitrogen and oxygen atoms in total. The van der Waals surface area contributed by atoms with E-state index in [4.69, 9.17) is 9.15 Å². The standard InChI is InChI=1S/C15H19N3O3S/c1-10-13(14(19)20-3)6-12(21-10)8-18-15(16-2)17-7-11-4-5-22-9-11/h4-6,9H,7-8H2,1-3H3,(H2,16,17,18). The molecule has 0 fully saturated rings. The zero-order chi connectivity index (χ0) is 15.9. The molecule has 118 valence electrons. The minimum absolute atomic E-state index is 0.396. The molecule has 22 heavy (non-hydrogen) atoms. The molecule has 0 unspecified atom stereocenters. The maximum atomic E-state index is 11.5. The van der Waals surface area contributed by atoms with Crippen molar-refractivity contribution in [1.29, 1.82) is 0 Å². The molecule has 0 aliphatic heterocycles. The number of carbonyl (C=O) groups is 1. The Labute approximate surface area is 133 Å². The topological polar surface area (TPSA) is 75.9 Å². The zero-order valence-corrected chi connectivity index (χ0v) is 13.6. The van der Waals surface area contributed by atoms with Gasteiger partial charge in [0, 0.05) is 13.6 Å². The van der Waals surface area contributed by atoms with Crippen LogP contribution in [0.3, 0.4) is 0 Å². The number of nitrogens with one attached hydrogen (secondary N) is 2. The van der Waals surface area contributed by atoms with Crippen LogP contribution in [0.2, 0.25) is 0 Å². The number of esters is 1. The molecule has 7 heteroatoms. The average Bonchev–Trinajstić information content (AvgIpc) is 3.16. The lowest BCUT2D eigenvalue weighted by Crippen LogP contribution is -2.36. The van der Waals surface area contributed by atoms with Crippen molar-refractivity contribution in [3.05, 3.63) is 45.5 Å². The van der Waals surface area contributed by atoms with E-state index in [1.54, 1.807) is 31.4 Å². The highest BCUT2D eigenvalue weighted by Crippen LogP contribution is 2.15. The summed E-state index contributed by atoms with van der Waals surface area (Å²) in [5.41, 5.74) is 1.65. The summed E-state index contributed by atoms with van der Waals surface area (Å²) in [7, 11) is 3.05. The molecule has 0 aliphatic carbocycles. The SMILES string of the molecule is CN=C(NCc1ccsc1)NCc1cc(C(=O)OC)c(C)o1. The van der Waals surface area contributed by atoms with Crippen LogP contribution in [0.1, 0.15) is 27.4 Å². The number of rotatable bonds is 5. The summed E-state index contributed by atoms with van der Waals surface area (Å²) in [6.45, 7) is 2.87. The molecule has 0 saturated carbocycles. The van der Waals surface area contributed by atoms with E-state index < -0.39 is 5.97 Å². The minimum Gasteiger partial charge on any atom is -0.465 e. The molecule has 2 aromatic rings. The summed E-state index contributed by atoms with van der Waals surface area (Å²) in [6, 6.07) is 3.74. The molecule has 0 aliphatic rings. The van der Waals surface area contributed by atoms with Gasteiger partial charge in [-0.2, -0.15) is 11.3 Å². The Kier molecular flexibility index (Phi) is 5.60. The summed E-state index contributed by atoms with van der Waals surface area (Å²) in [5, 5.41) is 10.5. The number of methoxy groups -OCH3 is 1. The highest BCUT2D eigenvalue weighted by atomic mass is 32.1. The van der Waals surface area contributed by atoms with Gasteiger partial charge in [-0.05, 0) is 35.4 Å². The molecule has 0 radical (unpaired) electrons. The first-order valence-corrected chi connectivity index (χ1v) is 7.71. The first-order chi connectivity index (χ1) is 10.6. The smallest absolute Gasteiger partial charge is 0.341 e. The molecule has 2 aromatic heterocycles. The van der Waals surface area contributed by atoms with Gasteiger partial charge in [0.15, 0.2) is 5.96 Å². The van der Waals surface area contributed by atoms with E-state index in [1.165, 1.54) is 12.7 Å². The van der Waals surface area contributed by atoms with Crippen LogP contribution in [0.15, 0.2) is 32.3 Å². The monoisotopic (exact) mass is 321 g/mol. The van der Waals surface area contributed by atoms with Crippen molar-refractivity contribution in [2.75, 3.05) is 14.2 Å². The quantitative estimate of drug-likeness (QED) is 0.502. The second kappa shape index (κ2) is 7.65. The molecular weight excluding hydrogens is 302 g/mol. The summed E-state index contributed by atoms with van der Waals surface area (Å²) in [5.74, 6) is 1.47. The number of aliphatic imine (C=N–C) groups is 1. The van der Waals surface area contributed by atoms with Crippen LogP contribution >= 0.6 is 11.3 Å². The molecule has 0 bridgehead atoms. The third kappa shape index (κ3) is 4.11. The Balaban J connectivity index is 1.89. The van der Waals surface area contributed by atoms with E-state index in [2.05, 4.69) is 27.1 Å². The number of carbonyl (C=O) groups excluding carboxylic acids is 1. The molecule has 0 spiro atoms. The minimum atomic E-state index is -0.396. The number of nitrogens with zero attached hydrogens (tertiary/aromatic N) is 1. The van der Waals surface area contributed by atoms with Crippen molar-refractivity contribution in [3.63, 3.8) is 0 Å². The van der Waals surface area contributed by atoms with Gasteiger partial charge in [-0.3, -0.25) is 4.99 Å². The van der Waals surface area contributed by atoms with E-state index in [0.717, 1.165) is 0 Å². The molecular formula is C15H19N3O3S. The zero-order valence-electron chi connectivity index (χ0n) is 12.8. The Morgan fingerprint density at radius 2 is 2.18 bits per heavy atom. The maximum Gasteiger partial charge on any atom is 0.341 e. The van der Waals surface area contributed by atoms with Crippen LogP contribution < -0.4 is 10.6 Å². The second-order valence-electron chi connectivity index (χ2n) is 4.59. The van der Waals surface area contributed by atoms with Gasteiger partial charge in [0.2, 0.25) is 0 Å². The fraction of sp³-hybridized carbons (Fsp3) is 0.333. The first kappa shape index (κ1) is 16.1. The Bertz CT molecular complexity index is 647. The number of guanidine groups is 1. The molecule has 0 aromatic carbocycles. The first-order valence-electron chi connectivity index (χ1n) is 6.77. The maximum absolute atomic E-state index is 11.5. The molecule has 2 rings (SSSR count). The second-order valence-corrected chi connectivity index (χ2v) is 5.37. The van der Waals surface area contributed by atoms with Gasteiger partial charge >= 0.3 is 5.97 Å². The number of hydrogen-bond acceptors (Lipinski definition) is 5. The molecule has 0 amide bonds. The highest BCUT2D eigenvalue weighted by molar-refractivity contribution is 7.07. The van der Waals surface area contributed by atoms with Crippen LogP contribution in [-0.2, 0) is 17.8 Å². The lowest BCUT2D eigenvalue weighted by atomic mass is 10.2. The van der Waals surface area contributed by atoms with Gasteiger partial charge in [-0.25, -0.2) is 4.79 Å². The molecule has 0 saturated heterocycles. The third-order valence-electron chi connectivity index (χ3n) is 3.07. The fourth-order valence-electron chi connectivity index (χ4n) is 1.91. The van der Waals surface area contributed by atoms with Crippen LogP contribution in [-0.4, -0.2) is 26.1 Å². The average molecular weight is 321 g/mol. The van der Waals surface area contributed by atoms with Crippen molar-refractivity contribution in [2.45, 2.75) is 20.0 Å². The Hall–Kier alpha value is -2.28. The summed E-state index contributed by atoms with van der Waals surface area (Å²) in [6.07, 6.45) is 0. The normalized spacial score (nSPS) is 11.3. The van der Waals surface area contributed by atoms with Gasteiger partial charge in [-0.15, -0.1) is 0 Å². The van der Waals surface area contributed by atoms with E-state index in [-0.39, 0.29) is 0 Å². The molecule has 2 heterocycles. The third-order valence-corrected chi connectivity index (χ3v) is 3.80. The van der Waals surface area contributed by atoms with Crippen LogP contribution in [0, 0.1) is 6.92 Å². The van der Waals surface area contributed by atoms with Crippen LogP contribution in [0.25, 0.3) is 0 Å². The van der Waals surface area contributed by atoms with Gasteiger partial charge in [0.1, 0.15) is 17.1 Å². The summed E-state index contributed by atoms with van der Waals surface area (Å²) < 4.78 is 10.2. The number of furan rings is 1. The van der Waals surface area contributed by atoms with Crippen molar-refractivity contribution in [1.82, 2.24) is 10.6 Å². The van der Waals surface area contributed by atoms with E-state index in [9.17, 15) is 4.79 Å². The predicted molar refractivity (Wildman–Crippen MR) is 86.1 cm³/mol. The highest BCUT2D eigenvalue weighted by Gasteiger charge is 2.15. The molecule has 0 atom stereocenters. The van der Waals surface area contributed by atoms with E-state index in [0.29, 0.717) is 36.1 Å². The predicted octanol–water partition coefficient (Wildman–Crippen LogP) is 2.30. The van der Waals surface area contributed by atoms with Crippen molar-refractivity contribution in [3.8, 4) is 0 Å². The number of ether oxygens (including phenoxy) is 1. The Morgan fingerprint density at radius 1 is 1.41 bits per heavy atom. The van der Waals surface area contributed by atoms with Gasteiger partial charge in [0.25, 0.3) is 0 Å². The lowest BCUT2D eigenvalue weighted by molar-refractivity contribution is 0.0599. The van der Waals surface area contributed by atoms with Crippen LogP contribution in [0.5, 0.6) is 0 Å². The number of hydrogen-bond donors (Lipinski definition) is 2. The number of thiophene rings is 1. The Morgan fingerprint density at radius 3 is 2.82 bits per heavy atom. The van der Waals surface area contributed by atoms with Crippen molar-refractivity contribution >= 4 is 23.3 Å². The van der Waals surface area contributed by atoms with E-state index in [1.807, 2.05) is 5.38 Å². The van der Waals surface area contributed by atoms with Crippen molar-refractivity contribution in [2.24, 2.45) is 4.99 Å². The van der Waals surface area contributed by atoms with Gasteiger partial charge in [0.05, 0.1) is 13.7 Å². The number of aryl methyl sites for hydroxylation is 1. The van der Waals surface area contributed by atoms with Crippen molar-refractivity contribution < 1.29 is 13.9 Å². The lowest BCUT2D eigenvalue weighted by Gasteiger charge is -2.10. The van der Waals surface area contributed by atoms with Gasteiger partial charge < -0.3 is 19.8 Å².